The van der Waals surface area contributed by atoms with Crippen molar-refractivity contribution in [1.82, 2.24) is 4.31 Å². The molecule has 2 aliphatic rings. The Bertz CT molecular complexity index is 764. The zero-order valence-electron chi connectivity index (χ0n) is 16.0. The molecule has 0 bridgehead atoms. The molecule has 148 valence electrons. The Hall–Kier alpha value is -1.66. The van der Waals surface area contributed by atoms with Gasteiger partial charge in [-0.3, -0.25) is 4.79 Å². The molecule has 5 nitrogen and oxygen atoms in total. The fraction of sp³-hybridized carbons (Fsp3) is 0.571. The molecule has 1 aliphatic carbocycles. The summed E-state index contributed by atoms with van der Waals surface area (Å²) in [5.41, 5.74) is 0.946. The molecule has 0 spiro atoms. The van der Waals surface area contributed by atoms with E-state index in [1.165, 1.54) is 0 Å². The van der Waals surface area contributed by atoms with Gasteiger partial charge in [-0.25, -0.2) is 8.42 Å². The molecule has 0 N–H and O–H groups in total. The van der Waals surface area contributed by atoms with Gasteiger partial charge in [-0.2, -0.15) is 4.31 Å². The Morgan fingerprint density at radius 3 is 2.44 bits per heavy atom. The molecule has 0 amide bonds. The predicted molar refractivity (Wildman–Crippen MR) is 105 cm³/mol. The van der Waals surface area contributed by atoms with E-state index in [4.69, 9.17) is 4.74 Å². The summed E-state index contributed by atoms with van der Waals surface area (Å²) in [5.74, 6) is 0.771. The fourth-order valence-corrected chi connectivity index (χ4v) is 5.18. The van der Waals surface area contributed by atoms with Crippen molar-refractivity contribution in [3.8, 4) is 0 Å². The van der Waals surface area contributed by atoms with E-state index in [0.717, 1.165) is 31.2 Å². The van der Waals surface area contributed by atoms with Crippen molar-refractivity contribution < 1.29 is 17.9 Å². The largest absolute Gasteiger partial charge is 0.465 e. The van der Waals surface area contributed by atoms with Gasteiger partial charge in [0.25, 0.3) is 0 Å². The lowest BCUT2D eigenvalue weighted by atomic mass is 9.85. The number of aryl methyl sites for hydroxylation is 1. The third-order valence-corrected chi connectivity index (χ3v) is 7.53. The van der Waals surface area contributed by atoms with Gasteiger partial charge in [0.15, 0.2) is 0 Å². The number of ether oxygens (including phenoxy) is 1. The predicted octanol–water partition coefficient (Wildman–Crippen LogP) is 3.55. The van der Waals surface area contributed by atoms with Crippen molar-refractivity contribution in [3.63, 3.8) is 0 Å². The van der Waals surface area contributed by atoms with Crippen LogP contribution in [0.2, 0.25) is 0 Å². The van der Waals surface area contributed by atoms with Gasteiger partial charge in [0, 0.05) is 19.5 Å². The van der Waals surface area contributed by atoms with Gasteiger partial charge in [-0.1, -0.05) is 31.2 Å². The Kier molecular flexibility index (Phi) is 6.71. The quantitative estimate of drug-likeness (QED) is 0.527. The maximum Gasteiger partial charge on any atom is 0.306 e. The lowest BCUT2D eigenvalue weighted by Crippen LogP contribution is -2.27. The first-order chi connectivity index (χ1) is 13.0. The molecule has 2 atom stereocenters. The maximum atomic E-state index is 12.5. The van der Waals surface area contributed by atoms with Crippen LogP contribution in [0.3, 0.4) is 0 Å². The summed E-state index contributed by atoms with van der Waals surface area (Å²) in [6, 6.07) is 6.88. The normalized spacial score (nSPS) is 23.4. The van der Waals surface area contributed by atoms with Crippen LogP contribution in [0.1, 0.15) is 44.6 Å². The standard InChI is InChI=1S/C21H29NO4S/c1-17-6-2-3-7-19(17)16-26-21(23)13-10-18-8-11-20(12-9-18)27(24,25)22-14-4-5-15-22/h2-3,8-9,11-12,17,19H,4-7,10,13-16H2,1H3. The first-order valence-corrected chi connectivity index (χ1v) is 11.3. The molecule has 1 fully saturated rings. The molecule has 1 saturated heterocycles. The van der Waals surface area contributed by atoms with Gasteiger partial charge < -0.3 is 4.74 Å². The summed E-state index contributed by atoms with van der Waals surface area (Å²) in [4.78, 5) is 12.4. The molecule has 1 aliphatic heterocycles. The average Bonchev–Trinajstić information content (AvgIpc) is 3.22. The van der Waals surface area contributed by atoms with E-state index < -0.39 is 10.0 Å². The highest BCUT2D eigenvalue weighted by molar-refractivity contribution is 7.89. The zero-order valence-corrected chi connectivity index (χ0v) is 16.8. The second kappa shape index (κ2) is 9.02. The molecule has 0 radical (unpaired) electrons. The van der Waals surface area contributed by atoms with Crippen molar-refractivity contribution in [2.24, 2.45) is 11.8 Å². The van der Waals surface area contributed by atoms with E-state index in [9.17, 15) is 13.2 Å². The molecule has 2 unspecified atom stereocenters. The third-order valence-electron chi connectivity index (χ3n) is 5.62. The number of carbonyl (C=O) groups excluding carboxylic acids is 1. The van der Waals surface area contributed by atoms with E-state index in [2.05, 4.69) is 19.1 Å². The molecule has 1 aromatic carbocycles. The Labute approximate surface area is 162 Å². The molecule has 0 aromatic heterocycles. The number of benzene rings is 1. The number of rotatable bonds is 7. The van der Waals surface area contributed by atoms with Crippen LogP contribution < -0.4 is 0 Å². The highest BCUT2D eigenvalue weighted by Crippen LogP contribution is 2.25. The summed E-state index contributed by atoms with van der Waals surface area (Å²) in [6.45, 7) is 3.88. The number of sulfonamides is 1. The monoisotopic (exact) mass is 391 g/mol. The van der Waals surface area contributed by atoms with Crippen LogP contribution in [0.25, 0.3) is 0 Å². The number of carbonyl (C=O) groups is 1. The van der Waals surface area contributed by atoms with E-state index in [1.54, 1.807) is 28.6 Å². The second-order valence-electron chi connectivity index (χ2n) is 7.62. The highest BCUT2D eigenvalue weighted by Gasteiger charge is 2.27. The Balaban J connectivity index is 1.47. The second-order valence-corrected chi connectivity index (χ2v) is 9.56. The summed E-state index contributed by atoms with van der Waals surface area (Å²) in [6.07, 6.45) is 9.10. The Morgan fingerprint density at radius 1 is 1.11 bits per heavy atom. The van der Waals surface area contributed by atoms with Crippen LogP contribution in [-0.2, 0) is 26.0 Å². The number of allylic oxidation sites excluding steroid dienone is 2. The first-order valence-electron chi connectivity index (χ1n) is 9.86. The Morgan fingerprint density at radius 2 is 1.78 bits per heavy atom. The third kappa shape index (κ3) is 5.20. The highest BCUT2D eigenvalue weighted by atomic mass is 32.2. The van der Waals surface area contributed by atoms with Gasteiger partial charge in [-0.05, 0) is 61.6 Å². The van der Waals surface area contributed by atoms with Crippen molar-refractivity contribution in [2.75, 3.05) is 19.7 Å². The van der Waals surface area contributed by atoms with Crippen LogP contribution >= 0.6 is 0 Å². The van der Waals surface area contributed by atoms with Crippen LogP contribution in [0.4, 0.5) is 0 Å². The maximum absolute atomic E-state index is 12.5. The summed E-state index contributed by atoms with van der Waals surface area (Å²) in [5, 5.41) is 0. The summed E-state index contributed by atoms with van der Waals surface area (Å²) < 4.78 is 32.0. The molecule has 6 heteroatoms. The topological polar surface area (TPSA) is 63.7 Å². The van der Waals surface area contributed by atoms with Crippen LogP contribution in [0.5, 0.6) is 0 Å². The van der Waals surface area contributed by atoms with Crippen LogP contribution in [-0.4, -0.2) is 38.4 Å². The minimum absolute atomic E-state index is 0.189. The molecule has 0 saturated carbocycles. The molecular weight excluding hydrogens is 362 g/mol. The van der Waals surface area contributed by atoms with Crippen LogP contribution in [0, 0.1) is 11.8 Å². The number of esters is 1. The molecule has 27 heavy (non-hydrogen) atoms. The van der Waals surface area contributed by atoms with E-state index >= 15 is 0 Å². The summed E-state index contributed by atoms with van der Waals surface area (Å²) >= 11 is 0. The zero-order chi connectivity index (χ0) is 19.3. The smallest absolute Gasteiger partial charge is 0.306 e. The fourth-order valence-electron chi connectivity index (χ4n) is 3.66. The van der Waals surface area contributed by atoms with Gasteiger partial charge in [0.05, 0.1) is 11.5 Å². The van der Waals surface area contributed by atoms with Crippen LogP contribution in [0.15, 0.2) is 41.3 Å². The van der Waals surface area contributed by atoms with Gasteiger partial charge in [0.1, 0.15) is 0 Å². The summed E-state index contributed by atoms with van der Waals surface area (Å²) in [7, 11) is -3.38. The van der Waals surface area contributed by atoms with Crippen molar-refractivity contribution in [3.05, 3.63) is 42.0 Å². The van der Waals surface area contributed by atoms with E-state index in [0.29, 0.717) is 49.3 Å². The van der Waals surface area contributed by atoms with Crippen molar-refractivity contribution in [2.45, 2.75) is 50.3 Å². The number of nitrogens with zero attached hydrogens (tertiary/aromatic N) is 1. The minimum atomic E-state index is -3.38. The minimum Gasteiger partial charge on any atom is -0.465 e. The van der Waals surface area contributed by atoms with Gasteiger partial charge in [0.2, 0.25) is 10.0 Å². The van der Waals surface area contributed by atoms with E-state index in [-0.39, 0.29) is 5.97 Å². The molecule has 1 aromatic rings. The van der Waals surface area contributed by atoms with Gasteiger partial charge in [-0.15, -0.1) is 0 Å². The lowest BCUT2D eigenvalue weighted by molar-refractivity contribution is -0.145. The molecular formula is C21H29NO4S. The molecule has 3 rings (SSSR count). The first kappa shape index (κ1) is 20.1. The average molecular weight is 392 g/mol. The molecule has 1 heterocycles. The van der Waals surface area contributed by atoms with Gasteiger partial charge >= 0.3 is 5.97 Å². The lowest BCUT2D eigenvalue weighted by Gasteiger charge is -2.24. The number of hydrogen-bond acceptors (Lipinski definition) is 4. The van der Waals surface area contributed by atoms with Crippen molar-refractivity contribution in [1.29, 1.82) is 0 Å². The van der Waals surface area contributed by atoms with Crippen molar-refractivity contribution >= 4 is 16.0 Å². The van der Waals surface area contributed by atoms with E-state index in [1.807, 2.05) is 0 Å². The SMILES string of the molecule is CC1CC=CCC1COC(=O)CCc1ccc(S(=O)(=O)N2CCCC2)cc1. The number of hydrogen-bond donors (Lipinski definition) is 0.